The Morgan fingerprint density at radius 2 is 1.95 bits per heavy atom. The molecule has 0 aromatic carbocycles. The number of allylic oxidation sites excluding steroid dienone is 1. The Bertz CT molecular complexity index is 522. The lowest BCUT2D eigenvalue weighted by Gasteiger charge is -2.41. The molecule has 5 aliphatic carbocycles. The third-order valence-corrected chi connectivity index (χ3v) is 5.30. The van der Waals surface area contributed by atoms with Crippen LogP contribution in [0.5, 0.6) is 0 Å². The topological polar surface area (TPSA) is 46.6 Å². The van der Waals surface area contributed by atoms with Gasteiger partial charge in [-0.3, -0.25) is 4.79 Å². The van der Waals surface area contributed by atoms with Gasteiger partial charge < -0.3 is 4.74 Å². The molecule has 1 saturated heterocycles. The van der Waals surface area contributed by atoms with Crippen LogP contribution in [0.1, 0.15) is 40.0 Å². The summed E-state index contributed by atoms with van der Waals surface area (Å²) in [5.74, 6) is 0.276. The average Bonchev–Trinajstić information content (AvgIpc) is 2.87. The van der Waals surface area contributed by atoms with E-state index in [0.29, 0.717) is 12.3 Å². The Balaban J connectivity index is 1.65. The number of carbonyl (C=O) groups excluding carboxylic acids is 2. The van der Waals surface area contributed by atoms with E-state index in [1.807, 2.05) is 20.8 Å². The van der Waals surface area contributed by atoms with Crippen molar-refractivity contribution in [1.29, 1.82) is 0 Å². The number of amides is 2. The number of hydrogen-bond acceptors (Lipinski definition) is 3. The van der Waals surface area contributed by atoms with Gasteiger partial charge in [-0.25, -0.2) is 9.69 Å². The van der Waals surface area contributed by atoms with Crippen molar-refractivity contribution < 1.29 is 14.3 Å². The number of hydrogen-bond donors (Lipinski definition) is 0. The molecule has 3 saturated carbocycles. The van der Waals surface area contributed by atoms with Crippen LogP contribution in [-0.4, -0.2) is 28.5 Å². The standard InChI is InChI=1S/C15H19NO3/c1-13(2,3)19-12(18)16-10(17)6-9-11(16)15-5-4-14(9,7-15)8-15/h4-5,9,11H,6-8H2,1-3H3. The summed E-state index contributed by atoms with van der Waals surface area (Å²) in [6.45, 7) is 5.50. The van der Waals surface area contributed by atoms with Crippen molar-refractivity contribution in [3.8, 4) is 0 Å². The van der Waals surface area contributed by atoms with Gasteiger partial charge in [0.05, 0.1) is 6.04 Å². The summed E-state index contributed by atoms with van der Waals surface area (Å²) in [6, 6.07) is 0.0554. The van der Waals surface area contributed by atoms with Crippen LogP contribution in [-0.2, 0) is 9.53 Å². The van der Waals surface area contributed by atoms with Crippen molar-refractivity contribution in [3.63, 3.8) is 0 Å². The van der Waals surface area contributed by atoms with Crippen LogP contribution in [0.4, 0.5) is 4.79 Å². The maximum absolute atomic E-state index is 12.3. The van der Waals surface area contributed by atoms with E-state index in [2.05, 4.69) is 12.2 Å². The van der Waals surface area contributed by atoms with E-state index < -0.39 is 11.7 Å². The largest absolute Gasteiger partial charge is 0.443 e. The van der Waals surface area contributed by atoms with Crippen molar-refractivity contribution in [2.24, 2.45) is 16.7 Å². The van der Waals surface area contributed by atoms with Crippen molar-refractivity contribution >= 4 is 12.0 Å². The average molecular weight is 261 g/mol. The van der Waals surface area contributed by atoms with Crippen molar-refractivity contribution in [2.45, 2.75) is 51.7 Å². The number of likely N-dealkylation sites (tertiary alicyclic amines) is 1. The monoisotopic (exact) mass is 261 g/mol. The lowest BCUT2D eigenvalue weighted by atomic mass is 9.65. The molecule has 0 spiro atoms. The summed E-state index contributed by atoms with van der Waals surface area (Å²) < 4.78 is 5.41. The van der Waals surface area contributed by atoms with E-state index >= 15 is 0 Å². The highest BCUT2D eigenvalue weighted by Gasteiger charge is 2.77. The first kappa shape index (κ1) is 11.5. The maximum atomic E-state index is 12.3. The molecule has 4 heteroatoms. The van der Waals surface area contributed by atoms with Crippen LogP contribution >= 0.6 is 0 Å². The second kappa shape index (κ2) is 2.89. The Morgan fingerprint density at radius 1 is 1.32 bits per heavy atom. The highest BCUT2D eigenvalue weighted by molar-refractivity contribution is 5.95. The minimum absolute atomic E-state index is 0.0545. The molecule has 6 rings (SSSR count). The third kappa shape index (κ3) is 1.20. The van der Waals surface area contributed by atoms with Gasteiger partial charge in [0.25, 0.3) is 0 Å². The molecule has 6 aliphatic rings. The van der Waals surface area contributed by atoms with Crippen LogP contribution < -0.4 is 0 Å². The summed E-state index contributed by atoms with van der Waals surface area (Å²) in [5.41, 5.74) is -0.257. The zero-order chi connectivity index (χ0) is 13.6. The minimum atomic E-state index is -0.554. The number of imide groups is 1. The van der Waals surface area contributed by atoms with Crippen molar-refractivity contribution in [1.82, 2.24) is 4.90 Å². The normalized spacial score (nSPS) is 45.4. The van der Waals surface area contributed by atoms with E-state index in [1.165, 1.54) is 4.90 Å². The molecular formula is C15H19NO3. The highest BCUT2D eigenvalue weighted by atomic mass is 16.6. The number of rotatable bonds is 0. The first-order chi connectivity index (χ1) is 8.77. The minimum Gasteiger partial charge on any atom is -0.443 e. The summed E-state index contributed by atoms with van der Waals surface area (Å²) in [4.78, 5) is 25.9. The van der Waals surface area contributed by atoms with Gasteiger partial charge in [0.1, 0.15) is 5.60 Å². The lowest BCUT2D eigenvalue weighted by molar-refractivity contribution is -0.130. The summed E-state index contributed by atoms with van der Waals surface area (Å²) >= 11 is 0. The molecule has 2 unspecified atom stereocenters. The zero-order valence-electron chi connectivity index (χ0n) is 11.6. The maximum Gasteiger partial charge on any atom is 0.417 e. The van der Waals surface area contributed by atoms with Crippen LogP contribution in [0.2, 0.25) is 0 Å². The fourth-order valence-electron chi connectivity index (χ4n) is 4.87. The van der Waals surface area contributed by atoms with Crippen LogP contribution in [0.3, 0.4) is 0 Å². The smallest absolute Gasteiger partial charge is 0.417 e. The molecule has 102 valence electrons. The predicted octanol–water partition coefficient (Wildman–Crippen LogP) is 2.49. The number of carbonyl (C=O) groups is 2. The summed E-state index contributed by atoms with van der Waals surface area (Å²) in [7, 11) is 0. The SMILES string of the molecule is CC(C)(C)OC(=O)N1C(=O)CC2C1C13C=CC2(C1)C3. The molecule has 2 amide bonds. The van der Waals surface area contributed by atoms with E-state index in [9.17, 15) is 9.59 Å². The molecule has 19 heavy (non-hydrogen) atoms. The molecule has 4 nitrogen and oxygen atoms in total. The van der Waals surface area contributed by atoms with E-state index in [1.54, 1.807) is 0 Å². The van der Waals surface area contributed by atoms with E-state index in [-0.39, 0.29) is 22.8 Å². The first-order valence-corrected chi connectivity index (χ1v) is 7.02. The Morgan fingerprint density at radius 3 is 2.58 bits per heavy atom. The van der Waals surface area contributed by atoms with E-state index in [0.717, 1.165) is 12.8 Å². The molecule has 2 atom stereocenters. The molecule has 0 radical (unpaired) electrons. The number of ether oxygens (including phenoxy) is 1. The molecular weight excluding hydrogens is 242 g/mol. The molecule has 0 N–H and O–H groups in total. The molecule has 0 aromatic heterocycles. The van der Waals surface area contributed by atoms with Gasteiger partial charge in [-0.1, -0.05) is 12.2 Å². The quantitative estimate of drug-likeness (QED) is 0.629. The van der Waals surface area contributed by atoms with Crippen LogP contribution in [0, 0.1) is 16.7 Å². The number of nitrogens with zero attached hydrogens (tertiary/aromatic N) is 1. The van der Waals surface area contributed by atoms with Gasteiger partial charge in [0.2, 0.25) is 5.91 Å². The highest BCUT2D eigenvalue weighted by Crippen LogP contribution is 2.78. The third-order valence-electron chi connectivity index (χ3n) is 5.30. The molecule has 4 fully saturated rings. The second-order valence-electron chi connectivity index (χ2n) is 7.65. The summed E-state index contributed by atoms with van der Waals surface area (Å²) in [5, 5.41) is 0. The molecule has 2 bridgehead atoms. The lowest BCUT2D eigenvalue weighted by Crippen LogP contribution is -2.48. The molecule has 1 heterocycles. The Kier molecular flexibility index (Phi) is 1.75. The van der Waals surface area contributed by atoms with Crippen LogP contribution in [0.15, 0.2) is 12.2 Å². The first-order valence-electron chi connectivity index (χ1n) is 7.02. The fraction of sp³-hybridized carbons (Fsp3) is 0.733. The summed E-state index contributed by atoms with van der Waals surface area (Å²) in [6.07, 6.45) is 6.84. The van der Waals surface area contributed by atoms with Gasteiger partial charge in [0, 0.05) is 11.8 Å². The Labute approximate surface area is 112 Å². The van der Waals surface area contributed by atoms with Gasteiger partial charge in [-0.15, -0.1) is 0 Å². The van der Waals surface area contributed by atoms with Crippen molar-refractivity contribution in [3.05, 3.63) is 12.2 Å². The molecule has 0 aromatic rings. The van der Waals surface area contributed by atoms with Crippen molar-refractivity contribution in [2.75, 3.05) is 0 Å². The van der Waals surface area contributed by atoms with E-state index in [4.69, 9.17) is 4.74 Å². The predicted molar refractivity (Wildman–Crippen MR) is 68.2 cm³/mol. The fourth-order valence-corrected chi connectivity index (χ4v) is 4.87. The zero-order valence-corrected chi connectivity index (χ0v) is 11.6. The van der Waals surface area contributed by atoms with Gasteiger partial charge in [-0.05, 0) is 44.9 Å². The van der Waals surface area contributed by atoms with Crippen LogP contribution in [0.25, 0.3) is 0 Å². The Hall–Kier alpha value is -1.32. The second-order valence-corrected chi connectivity index (χ2v) is 7.65. The van der Waals surface area contributed by atoms with Gasteiger partial charge in [0.15, 0.2) is 0 Å². The molecule has 1 aliphatic heterocycles. The van der Waals surface area contributed by atoms with Gasteiger partial charge >= 0.3 is 6.09 Å². The van der Waals surface area contributed by atoms with Gasteiger partial charge in [-0.2, -0.15) is 0 Å².